The molecule has 3 N–H and O–H groups in total. The topological polar surface area (TPSA) is 73.6 Å². The molecule has 2 unspecified atom stereocenters. The second kappa shape index (κ2) is 8.64. The second-order valence-corrected chi connectivity index (χ2v) is 3.54. The second-order valence-electron chi connectivity index (χ2n) is 3.54. The van der Waals surface area contributed by atoms with Crippen LogP contribution in [0.25, 0.3) is 0 Å². The van der Waals surface area contributed by atoms with Crippen molar-refractivity contribution in [1.29, 1.82) is 0 Å². The highest BCUT2D eigenvalue weighted by molar-refractivity contribution is 5.76. The molecule has 0 aliphatic rings. The van der Waals surface area contributed by atoms with Crippen LogP contribution >= 0.6 is 0 Å². The van der Waals surface area contributed by atoms with Gasteiger partial charge in [-0.1, -0.05) is 0 Å². The van der Waals surface area contributed by atoms with Crippen molar-refractivity contribution in [3.63, 3.8) is 0 Å². The van der Waals surface area contributed by atoms with Crippen LogP contribution in [0.4, 0.5) is 0 Å². The van der Waals surface area contributed by atoms with Gasteiger partial charge in [0.15, 0.2) is 0 Å². The predicted molar refractivity (Wildman–Crippen MR) is 58.6 cm³/mol. The number of ether oxygens (including phenoxy) is 2. The fourth-order valence-electron chi connectivity index (χ4n) is 1.12. The first-order valence-electron chi connectivity index (χ1n) is 5.15. The number of hydrogen-bond acceptors (Lipinski definition) is 4. The van der Waals surface area contributed by atoms with Crippen LogP contribution in [0.2, 0.25) is 0 Å². The van der Waals surface area contributed by atoms with Crippen molar-refractivity contribution in [3.8, 4) is 0 Å². The van der Waals surface area contributed by atoms with Gasteiger partial charge in [0.1, 0.15) is 0 Å². The maximum Gasteiger partial charge on any atom is 0.220 e. The maximum absolute atomic E-state index is 11.4. The summed E-state index contributed by atoms with van der Waals surface area (Å²) in [5.74, 6) is -0.00796. The molecule has 5 heteroatoms. The SMILES string of the molecule is COCC(CN)NC(=O)CCC(C)OC. The van der Waals surface area contributed by atoms with Crippen LogP contribution in [0.15, 0.2) is 0 Å². The van der Waals surface area contributed by atoms with Gasteiger partial charge >= 0.3 is 0 Å². The number of nitrogens with one attached hydrogen (secondary N) is 1. The molecule has 0 aromatic carbocycles. The van der Waals surface area contributed by atoms with E-state index in [0.29, 0.717) is 26.0 Å². The molecular formula is C10H22N2O3. The molecule has 0 saturated carbocycles. The van der Waals surface area contributed by atoms with Gasteiger partial charge in [-0.25, -0.2) is 0 Å². The van der Waals surface area contributed by atoms with E-state index in [0.717, 1.165) is 0 Å². The molecule has 0 aromatic heterocycles. The standard InChI is InChI=1S/C10H22N2O3/c1-8(15-3)4-5-10(13)12-9(6-11)7-14-2/h8-9H,4-7,11H2,1-3H3,(H,12,13). The van der Waals surface area contributed by atoms with Gasteiger partial charge in [0.05, 0.1) is 18.8 Å². The summed E-state index contributed by atoms with van der Waals surface area (Å²) in [5, 5.41) is 2.80. The molecule has 90 valence electrons. The van der Waals surface area contributed by atoms with Crippen molar-refractivity contribution in [1.82, 2.24) is 5.32 Å². The van der Waals surface area contributed by atoms with Gasteiger partial charge in [0, 0.05) is 27.2 Å². The normalized spacial score (nSPS) is 14.7. The fraction of sp³-hybridized carbons (Fsp3) is 0.900. The Morgan fingerprint density at radius 3 is 2.60 bits per heavy atom. The van der Waals surface area contributed by atoms with Crippen molar-refractivity contribution in [2.45, 2.75) is 31.9 Å². The van der Waals surface area contributed by atoms with Gasteiger partial charge in [0.2, 0.25) is 5.91 Å². The van der Waals surface area contributed by atoms with E-state index in [9.17, 15) is 4.79 Å². The van der Waals surface area contributed by atoms with E-state index in [2.05, 4.69) is 5.32 Å². The summed E-state index contributed by atoms with van der Waals surface area (Å²) in [6.45, 7) is 2.77. The molecule has 5 nitrogen and oxygen atoms in total. The van der Waals surface area contributed by atoms with E-state index >= 15 is 0 Å². The van der Waals surface area contributed by atoms with E-state index in [1.807, 2.05) is 6.92 Å². The fourth-order valence-corrected chi connectivity index (χ4v) is 1.12. The quantitative estimate of drug-likeness (QED) is 0.596. The molecule has 0 bridgehead atoms. The number of methoxy groups -OCH3 is 2. The van der Waals surface area contributed by atoms with Crippen LogP contribution in [0.3, 0.4) is 0 Å². The van der Waals surface area contributed by atoms with Crippen molar-refractivity contribution < 1.29 is 14.3 Å². The summed E-state index contributed by atoms with van der Waals surface area (Å²) in [4.78, 5) is 11.4. The average molecular weight is 218 g/mol. The lowest BCUT2D eigenvalue weighted by atomic mass is 10.2. The molecule has 0 spiro atoms. The van der Waals surface area contributed by atoms with E-state index in [1.54, 1.807) is 14.2 Å². The minimum Gasteiger partial charge on any atom is -0.383 e. The molecule has 1 amide bonds. The molecular weight excluding hydrogens is 196 g/mol. The molecule has 0 heterocycles. The summed E-state index contributed by atoms with van der Waals surface area (Å²) in [5.41, 5.74) is 5.47. The Hall–Kier alpha value is -0.650. The Balaban J connectivity index is 3.70. The molecule has 2 atom stereocenters. The van der Waals surface area contributed by atoms with Crippen LogP contribution in [-0.4, -0.2) is 45.4 Å². The molecule has 0 aromatic rings. The molecule has 0 aliphatic carbocycles. The first-order chi connectivity index (χ1) is 7.13. The zero-order valence-corrected chi connectivity index (χ0v) is 9.79. The number of nitrogens with two attached hydrogens (primary N) is 1. The summed E-state index contributed by atoms with van der Waals surface area (Å²) >= 11 is 0. The van der Waals surface area contributed by atoms with Crippen LogP contribution in [-0.2, 0) is 14.3 Å². The molecule has 0 radical (unpaired) electrons. The van der Waals surface area contributed by atoms with Gasteiger partial charge in [0.25, 0.3) is 0 Å². The minimum atomic E-state index is -0.0969. The Kier molecular flexibility index (Phi) is 8.27. The van der Waals surface area contributed by atoms with Crippen molar-refractivity contribution in [2.24, 2.45) is 5.73 Å². The Morgan fingerprint density at radius 1 is 1.47 bits per heavy atom. The van der Waals surface area contributed by atoms with Crippen LogP contribution in [0, 0.1) is 0 Å². The smallest absolute Gasteiger partial charge is 0.220 e. The lowest BCUT2D eigenvalue weighted by Crippen LogP contribution is -2.43. The first kappa shape index (κ1) is 14.3. The van der Waals surface area contributed by atoms with Gasteiger partial charge < -0.3 is 20.5 Å². The number of amides is 1. The number of carbonyl (C=O) groups is 1. The van der Waals surface area contributed by atoms with Gasteiger partial charge in [-0.3, -0.25) is 4.79 Å². The van der Waals surface area contributed by atoms with Crippen molar-refractivity contribution in [2.75, 3.05) is 27.4 Å². The van der Waals surface area contributed by atoms with Crippen LogP contribution in [0.5, 0.6) is 0 Å². The third-order valence-electron chi connectivity index (χ3n) is 2.20. The van der Waals surface area contributed by atoms with Crippen molar-refractivity contribution in [3.05, 3.63) is 0 Å². The highest BCUT2D eigenvalue weighted by atomic mass is 16.5. The third kappa shape index (κ3) is 7.30. The highest BCUT2D eigenvalue weighted by Gasteiger charge is 2.11. The largest absolute Gasteiger partial charge is 0.383 e. The molecule has 15 heavy (non-hydrogen) atoms. The van der Waals surface area contributed by atoms with E-state index in [-0.39, 0.29) is 18.1 Å². The zero-order chi connectivity index (χ0) is 11.7. The first-order valence-corrected chi connectivity index (χ1v) is 5.15. The van der Waals surface area contributed by atoms with Crippen LogP contribution < -0.4 is 11.1 Å². The summed E-state index contributed by atoms with van der Waals surface area (Å²) in [6.07, 6.45) is 1.27. The van der Waals surface area contributed by atoms with E-state index in [1.165, 1.54) is 0 Å². The minimum absolute atomic E-state index is 0.00796. The van der Waals surface area contributed by atoms with E-state index < -0.39 is 0 Å². The maximum atomic E-state index is 11.4. The zero-order valence-electron chi connectivity index (χ0n) is 9.79. The average Bonchev–Trinajstić information content (AvgIpc) is 2.25. The molecule has 0 saturated heterocycles. The molecule has 0 fully saturated rings. The number of carbonyl (C=O) groups excluding carboxylic acids is 1. The van der Waals surface area contributed by atoms with Gasteiger partial charge in [-0.15, -0.1) is 0 Å². The predicted octanol–water partition coefficient (Wildman–Crippen LogP) is -0.109. The molecule has 0 rings (SSSR count). The Morgan fingerprint density at radius 2 is 2.13 bits per heavy atom. The lowest BCUT2D eigenvalue weighted by Gasteiger charge is -2.16. The van der Waals surface area contributed by atoms with Gasteiger partial charge in [-0.2, -0.15) is 0 Å². The van der Waals surface area contributed by atoms with Crippen LogP contribution in [0.1, 0.15) is 19.8 Å². The summed E-state index contributed by atoms with van der Waals surface area (Å²) in [6, 6.07) is -0.0969. The van der Waals surface area contributed by atoms with E-state index in [4.69, 9.17) is 15.2 Å². The Labute approximate surface area is 91.3 Å². The third-order valence-corrected chi connectivity index (χ3v) is 2.20. The lowest BCUT2D eigenvalue weighted by molar-refractivity contribution is -0.122. The summed E-state index contributed by atoms with van der Waals surface area (Å²) in [7, 11) is 3.22. The number of rotatable bonds is 8. The number of hydrogen-bond donors (Lipinski definition) is 2. The monoisotopic (exact) mass is 218 g/mol. The molecule has 0 aliphatic heterocycles. The van der Waals surface area contributed by atoms with Gasteiger partial charge in [-0.05, 0) is 13.3 Å². The Bertz CT molecular complexity index is 176. The summed E-state index contributed by atoms with van der Waals surface area (Å²) < 4.78 is 9.97. The highest BCUT2D eigenvalue weighted by Crippen LogP contribution is 1.99. The van der Waals surface area contributed by atoms with Crippen molar-refractivity contribution >= 4 is 5.91 Å².